The molecule has 29 heavy (non-hydrogen) atoms. The summed E-state index contributed by atoms with van der Waals surface area (Å²) in [6, 6.07) is 4.43. The smallest absolute Gasteiger partial charge is 0.304 e. The van der Waals surface area contributed by atoms with Crippen LogP contribution >= 0.6 is 11.3 Å². The molecule has 0 saturated heterocycles. The van der Waals surface area contributed by atoms with Crippen molar-refractivity contribution in [2.24, 2.45) is 0 Å². The van der Waals surface area contributed by atoms with Crippen LogP contribution in [0.1, 0.15) is 33.5 Å². The molecule has 0 unspecified atom stereocenters. The number of thiazole rings is 1. The van der Waals surface area contributed by atoms with E-state index in [1.54, 1.807) is 5.38 Å². The van der Waals surface area contributed by atoms with Gasteiger partial charge in [-0.2, -0.15) is 23.1 Å². The lowest BCUT2D eigenvalue weighted by Gasteiger charge is -2.05. The number of hydrogen-bond acceptors (Lipinski definition) is 6. The van der Waals surface area contributed by atoms with Gasteiger partial charge in [-0.3, -0.25) is 9.59 Å². The molecule has 0 saturated carbocycles. The second kappa shape index (κ2) is 8.35. The molecule has 7 nitrogen and oxygen atoms in total. The highest BCUT2D eigenvalue weighted by molar-refractivity contribution is 7.09. The normalized spacial score (nSPS) is 11.7. The van der Waals surface area contributed by atoms with Crippen LogP contribution in [0.5, 0.6) is 0 Å². The molecule has 3 rings (SSSR count). The van der Waals surface area contributed by atoms with Crippen LogP contribution in [0.2, 0.25) is 0 Å². The lowest BCUT2D eigenvalue weighted by molar-refractivity contribution is -0.137. The number of anilines is 1. The number of halogens is 3. The summed E-state index contributed by atoms with van der Waals surface area (Å²) in [5.74, 6) is -0.436. The number of alkyl halides is 3. The summed E-state index contributed by atoms with van der Waals surface area (Å²) < 4.78 is 37.6. The topological polar surface area (TPSA) is 89.8 Å². The molecule has 0 aliphatic rings. The fraction of sp³-hybridized carbons (Fsp3) is 0.167. The quantitative estimate of drug-likeness (QED) is 0.485. The van der Waals surface area contributed by atoms with Gasteiger partial charge in [0.15, 0.2) is 11.6 Å². The van der Waals surface area contributed by atoms with E-state index < -0.39 is 17.6 Å². The van der Waals surface area contributed by atoms with Gasteiger partial charge in [-0.15, -0.1) is 16.4 Å². The van der Waals surface area contributed by atoms with Crippen molar-refractivity contribution >= 4 is 34.9 Å². The predicted octanol–water partition coefficient (Wildman–Crippen LogP) is 3.66. The van der Waals surface area contributed by atoms with Crippen molar-refractivity contribution in [2.75, 3.05) is 5.32 Å². The lowest BCUT2D eigenvalue weighted by Crippen LogP contribution is -2.09. The van der Waals surface area contributed by atoms with E-state index in [-0.39, 0.29) is 18.1 Å². The maximum absolute atomic E-state index is 12.5. The molecule has 11 heteroatoms. The number of nitrogens with zero attached hydrogens (tertiary/aromatic N) is 4. The molecule has 1 N–H and O–H groups in total. The van der Waals surface area contributed by atoms with Gasteiger partial charge >= 0.3 is 6.18 Å². The summed E-state index contributed by atoms with van der Waals surface area (Å²) in [4.78, 5) is 28.7. The van der Waals surface area contributed by atoms with Crippen molar-refractivity contribution in [2.45, 2.75) is 19.6 Å². The van der Waals surface area contributed by atoms with E-state index in [0.717, 1.165) is 12.1 Å². The number of Topliss-reactive ketones (excluding diaryl/α,β-unsaturated/α-hetero) is 1. The highest BCUT2D eigenvalue weighted by atomic mass is 32.1. The average Bonchev–Trinajstić information content (AvgIpc) is 3.30. The third kappa shape index (κ3) is 5.57. The van der Waals surface area contributed by atoms with Crippen molar-refractivity contribution in [3.05, 3.63) is 63.7 Å². The Morgan fingerprint density at radius 3 is 2.59 bits per heavy atom. The first kappa shape index (κ1) is 20.4. The third-order valence-corrected chi connectivity index (χ3v) is 4.48. The van der Waals surface area contributed by atoms with Crippen LogP contribution in [0, 0.1) is 0 Å². The molecule has 0 bridgehead atoms. The summed E-state index contributed by atoms with van der Waals surface area (Å²) in [5.41, 5.74) is 0.0623. The van der Waals surface area contributed by atoms with Crippen LogP contribution < -0.4 is 5.32 Å². The molecule has 0 atom stereocenters. The Morgan fingerprint density at radius 2 is 1.97 bits per heavy atom. The standard InChI is InChI=1S/C18H14F3N5O2S/c1-11(27)14-10-29-17(23-14)9-26-22-8-15(25-26)24-16(28)7-4-12-2-5-13(6-3-12)18(19,20)21/h2-8,10H,9H2,1H3,(H,24,25,28)/b7-4-. The molecule has 3 aromatic rings. The molecule has 1 aromatic carbocycles. The van der Waals surface area contributed by atoms with Gasteiger partial charge in [0.2, 0.25) is 5.91 Å². The molecule has 1 amide bonds. The monoisotopic (exact) mass is 421 g/mol. The Balaban J connectivity index is 1.57. The molecular weight excluding hydrogens is 407 g/mol. The van der Waals surface area contributed by atoms with Gasteiger partial charge in [0.1, 0.15) is 17.2 Å². The van der Waals surface area contributed by atoms with Crippen LogP contribution in [-0.4, -0.2) is 31.7 Å². The van der Waals surface area contributed by atoms with Crippen LogP contribution in [0.4, 0.5) is 19.0 Å². The van der Waals surface area contributed by atoms with Crippen molar-refractivity contribution < 1.29 is 22.8 Å². The fourth-order valence-electron chi connectivity index (χ4n) is 2.22. The summed E-state index contributed by atoms with van der Waals surface area (Å²) in [6.07, 6.45) is -0.485. The van der Waals surface area contributed by atoms with E-state index in [4.69, 9.17) is 0 Å². The van der Waals surface area contributed by atoms with E-state index in [1.165, 1.54) is 53.5 Å². The van der Waals surface area contributed by atoms with Gasteiger partial charge in [0, 0.05) is 18.4 Å². The molecule has 0 fully saturated rings. The minimum atomic E-state index is -4.41. The maximum atomic E-state index is 12.5. The van der Waals surface area contributed by atoms with Gasteiger partial charge in [-0.25, -0.2) is 4.98 Å². The number of ketones is 1. The second-order valence-corrected chi connectivity index (χ2v) is 6.83. The summed E-state index contributed by atoms with van der Waals surface area (Å²) in [5, 5.41) is 12.9. The first-order valence-electron chi connectivity index (χ1n) is 8.22. The number of benzene rings is 1. The zero-order chi connectivity index (χ0) is 21.0. The number of rotatable bonds is 6. The maximum Gasteiger partial charge on any atom is 0.416 e. The van der Waals surface area contributed by atoms with E-state index in [1.807, 2.05) is 0 Å². The highest BCUT2D eigenvalue weighted by Crippen LogP contribution is 2.29. The van der Waals surface area contributed by atoms with Gasteiger partial charge < -0.3 is 5.32 Å². The molecule has 0 spiro atoms. The van der Waals surface area contributed by atoms with Gasteiger partial charge in [0.25, 0.3) is 0 Å². The lowest BCUT2D eigenvalue weighted by atomic mass is 10.1. The molecule has 2 heterocycles. The van der Waals surface area contributed by atoms with Crippen molar-refractivity contribution in [3.8, 4) is 0 Å². The second-order valence-electron chi connectivity index (χ2n) is 5.89. The number of hydrogen-bond donors (Lipinski definition) is 1. The number of carbonyl (C=O) groups excluding carboxylic acids is 2. The van der Waals surface area contributed by atoms with E-state index in [2.05, 4.69) is 20.5 Å². The summed E-state index contributed by atoms with van der Waals surface area (Å²) in [6.45, 7) is 1.67. The van der Waals surface area contributed by atoms with E-state index in [0.29, 0.717) is 16.3 Å². The fourth-order valence-corrected chi connectivity index (χ4v) is 3.03. The summed E-state index contributed by atoms with van der Waals surface area (Å²) in [7, 11) is 0. The van der Waals surface area contributed by atoms with Crippen LogP contribution in [-0.2, 0) is 17.5 Å². The Bertz CT molecular complexity index is 1050. The molecule has 2 aromatic heterocycles. The zero-order valence-electron chi connectivity index (χ0n) is 15.0. The average molecular weight is 421 g/mol. The van der Waals surface area contributed by atoms with Crippen molar-refractivity contribution in [1.82, 2.24) is 20.0 Å². The summed E-state index contributed by atoms with van der Waals surface area (Å²) >= 11 is 1.30. The predicted molar refractivity (Wildman–Crippen MR) is 100 cm³/mol. The van der Waals surface area contributed by atoms with Crippen LogP contribution in [0.3, 0.4) is 0 Å². The first-order chi connectivity index (χ1) is 13.7. The molecule has 0 radical (unpaired) electrons. The highest BCUT2D eigenvalue weighted by Gasteiger charge is 2.29. The Kier molecular flexibility index (Phi) is 5.87. The number of nitrogens with one attached hydrogen (secondary N) is 1. The molecule has 0 aliphatic carbocycles. The van der Waals surface area contributed by atoms with Crippen molar-refractivity contribution in [1.29, 1.82) is 0 Å². The SMILES string of the molecule is CC(=O)c1csc(Cn2ncc(NC(=O)/C=C\c3ccc(C(F)(F)F)cc3)n2)n1. The van der Waals surface area contributed by atoms with Gasteiger partial charge in [-0.05, 0) is 23.8 Å². The van der Waals surface area contributed by atoms with Crippen LogP contribution in [0.25, 0.3) is 6.08 Å². The van der Waals surface area contributed by atoms with E-state index in [9.17, 15) is 22.8 Å². The number of carbonyl (C=O) groups is 2. The minimum absolute atomic E-state index is 0.131. The third-order valence-electron chi connectivity index (χ3n) is 3.64. The Hall–Kier alpha value is -3.34. The number of amides is 1. The van der Waals surface area contributed by atoms with Crippen LogP contribution in [0.15, 0.2) is 41.9 Å². The van der Waals surface area contributed by atoms with Gasteiger partial charge in [-0.1, -0.05) is 12.1 Å². The molecular formula is C18H14F3N5O2S. The molecule has 0 aliphatic heterocycles. The number of aromatic nitrogens is 4. The van der Waals surface area contributed by atoms with Crippen molar-refractivity contribution in [3.63, 3.8) is 0 Å². The minimum Gasteiger partial charge on any atom is -0.304 e. The molecule has 150 valence electrons. The zero-order valence-corrected chi connectivity index (χ0v) is 15.8. The van der Waals surface area contributed by atoms with E-state index >= 15 is 0 Å². The first-order valence-corrected chi connectivity index (χ1v) is 9.10. The van der Waals surface area contributed by atoms with Gasteiger partial charge in [0.05, 0.1) is 11.8 Å². The Labute approximate surface area is 166 Å². The Morgan fingerprint density at radius 1 is 1.24 bits per heavy atom. The largest absolute Gasteiger partial charge is 0.416 e.